The van der Waals surface area contributed by atoms with E-state index in [9.17, 15) is 14.4 Å². The van der Waals surface area contributed by atoms with Crippen LogP contribution in [0, 0.1) is 0 Å². The zero-order valence-electron chi connectivity index (χ0n) is 16.6. The van der Waals surface area contributed by atoms with Gasteiger partial charge in [-0.05, 0) is 23.6 Å². The van der Waals surface area contributed by atoms with Gasteiger partial charge in [-0.1, -0.05) is 67.1 Å². The summed E-state index contributed by atoms with van der Waals surface area (Å²) in [5.41, 5.74) is 6.40. The second-order valence-corrected chi connectivity index (χ2v) is 7.29. The van der Waals surface area contributed by atoms with E-state index < -0.39 is 11.2 Å². The third-order valence-corrected chi connectivity index (χ3v) is 5.08. The second-order valence-electron chi connectivity index (χ2n) is 6.88. The van der Waals surface area contributed by atoms with Gasteiger partial charge in [-0.2, -0.15) is 0 Å². The van der Waals surface area contributed by atoms with Gasteiger partial charge in [0, 0.05) is 11.6 Å². The van der Waals surface area contributed by atoms with Crippen molar-refractivity contribution in [3.8, 4) is 0 Å². The molecule has 8 heteroatoms. The molecular weight excluding hydrogens is 404 g/mol. The molecule has 1 amide bonds. The van der Waals surface area contributed by atoms with E-state index in [1.165, 1.54) is 9.47 Å². The summed E-state index contributed by atoms with van der Waals surface area (Å²) in [6, 6.07) is 16.3. The summed E-state index contributed by atoms with van der Waals surface area (Å²) in [4.78, 5) is 41.8. The number of benzene rings is 2. The molecule has 0 atom stereocenters. The van der Waals surface area contributed by atoms with Crippen molar-refractivity contribution < 1.29 is 4.79 Å². The average Bonchev–Trinajstić information content (AvgIpc) is 2.72. The highest BCUT2D eigenvalue weighted by atomic mass is 35.5. The van der Waals surface area contributed by atoms with Gasteiger partial charge in [0.15, 0.2) is 5.69 Å². The molecule has 0 bridgehead atoms. The van der Waals surface area contributed by atoms with Crippen LogP contribution in [0.1, 0.15) is 24.5 Å². The lowest BCUT2D eigenvalue weighted by Gasteiger charge is -2.24. The number of nitrogen functional groups attached to an aromatic ring is 1. The zero-order valence-corrected chi connectivity index (χ0v) is 17.4. The summed E-state index contributed by atoms with van der Waals surface area (Å²) < 4.78 is 1.26. The van der Waals surface area contributed by atoms with Crippen LogP contribution in [0.4, 0.5) is 11.5 Å². The van der Waals surface area contributed by atoms with Crippen LogP contribution in [0.5, 0.6) is 0 Å². The molecule has 30 heavy (non-hydrogen) atoms. The molecule has 0 aliphatic carbocycles. The molecule has 2 aromatic carbocycles. The molecule has 0 spiro atoms. The van der Waals surface area contributed by atoms with Crippen LogP contribution in [0.25, 0.3) is 0 Å². The average molecular weight is 427 g/mol. The van der Waals surface area contributed by atoms with Gasteiger partial charge in [0.05, 0.1) is 13.0 Å². The summed E-state index contributed by atoms with van der Waals surface area (Å²) in [5.74, 6) is -0.374. The molecule has 7 nitrogen and oxygen atoms in total. The van der Waals surface area contributed by atoms with E-state index in [1.54, 1.807) is 24.3 Å². The van der Waals surface area contributed by atoms with Crippen LogP contribution in [0.3, 0.4) is 0 Å². The first-order chi connectivity index (χ1) is 14.4. The predicted octanol–water partition coefficient (Wildman–Crippen LogP) is 2.81. The Morgan fingerprint density at radius 3 is 2.43 bits per heavy atom. The lowest BCUT2D eigenvalue weighted by Crippen LogP contribution is -2.42. The SMILES string of the molecule is CCCN(C(=O)Cc1ccccc1Cl)c1c(N)n(Cc2ccccc2)c(=O)[nH]c1=O. The van der Waals surface area contributed by atoms with Crippen molar-refractivity contribution in [2.75, 3.05) is 17.2 Å². The minimum absolute atomic E-state index is 0.0103. The molecule has 0 aliphatic heterocycles. The van der Waals surface area contributed by atoms with E-state index in [1.807, 2.05) is 37.3 Å². The normalized spacial score (nSPS) is 10.7. The molecule has 1 aromatic heterocycles. The maximum atomic E-state index is 13.1. The van der Waals surface area contributed by atoms with Gasteiger partial charge >= 0.3 is 5.69 Å². The number of carbonyl (C=O) groups is 1. The third-order valence-electron chi connectivity index (χ3n) is 4.72. The van der Waals surface area contributed by atoms with Crippen LogP contribution in [0.15, 0.2) is 64.2 Å². The van der Waals surface area contributed by atoms with Crippen LogP contribution in [-0.2, 0) is 17.8 Å². The largest absolute Gasteiger partial charge is 0.383 e. The first kappa shape index (κ1) is 21.4. The van der Waals surface area contributed by atoms with E-state index in [-0.39, 0.29) is 36.9 Å². The van der Waals surface area contributed by atoms with Gasteiger partial charge in [-0.15, -0.1) is 0 Å². The first-order valence-electron chi connectivity index (χ1n) is 9.62. The molecule has 3 aromatic rings. The Morgan fingerprint density at radius 1 is 1.10 bits per heavy atom. The van der Waals surface area contributed by atoms with Crippen LogP contribution >= 0.6 is 11.6 Å². The lowest BCUT2D eigenvalue weighted by atomic mass is 10.1. The second kappa shape index (κ2) is 9.45. The number of anilines is 2. The molecule has 1 heterocycles. The van der Waals surface area contributed by atoms with Crippen LogP contribution < -0.4 is 21.9 Å². The minimum atomic E-state index is -0.692. The number of aromatic amines is 1. The highest BCUT2D eigenvalue weighted by Crippen LogP contribution is 2.21. The van der Waals surface area contributed by atoms with Gasteiger partial charge in [-0.3, -0.25) is 19.1 Å². The number of hydrogen-bond acceptors (Lipinski definition) is 4. The van der Waals surface area contributed by atoms with E-state index in [0.717, 1.165) is 5.56 Å². The molecule has 3 N–H and O–H groups in total. The van der Waals surface area contributed by atoms with Crippen molar-refractivity contribution in [3.05, 3.63) is 91.6 Å². The van der Waals surface area contributed by atoms with Crippen LogP contribution in [0.2, 0.25) is 5.02 Å². The maximum Gasteiger partial charge on any atom is 0.330 e. The highest BCUT2D eigenvalue weighted by Gasteiger charge is 2.24. The van der Waals surface area contributed by atoms with E-state index in [2.05, 4.69) is 4.98 Å². The number of amides is 1. The molecule has 0 radical (unpaired) electrons. The molecule has 0 unspecified atom stereocenters. The van der Waals surface area contributed by atoms with Crippen molar-refractivity contribution in [3.63, 3.8) is 0 Å². The summed E-state index contributed by atoms with van der Waals surface area (Å²) >= 11 is 6.19. The van der Waals surface area contributed by atoms with Crippen molar-refractivity contribution >= 4 is 29.0 Å². The first-order valence-corrected chi connectivity index (χ1v) is 10.0. The quantitative estimate of drug-likeness (QED) is 0.606. The summed E-state index contributed by atoms with van der Waals surface area (Å²) in [6.07, 6.45) is 0.612. The molecule has 3 rings (SSSR count). The number of nitrogens with two attached hydrogens (primary N) is 1. The maximum absolute atomic E-state index is 13.1. The Morgan fingerprint density at radius 2 is 1.77 bits per heavy atom. The number of nitrogens with one attached hydrogen (secondary N) is 1. The van der Waals surface area contributed by atoms with Gasteiger partial charge in [0.1, 0.15) is 5.82 Å². The lowest BCUT2D eigenvalue weighted by molar-refractivity contribution is -0.118. The van der Waals surface area contributed by atoms with E-state index in [4.69, 9.17) is 17.3 Å². The molecular formula is C22H23ClN4O3. The van der Waals surface area contributed by atoms with E-state index >= 15 is 0 Å². The van der Waals surface area contributed by atoms with Gasteiger partial charge in [0.2, 0.25) is 5.91 Å². The molecule has 156 valence electrons. The number of halogens is 1. The van der Waals surface area contributed by atoms with E-state index in [0.29, 0.717) is 17.0 Å². The Bertz CT molecular complexity index is 1160. The number of carbonyl (C=O) groups excluding carboxylic acids is 1. The highest BCUT2D eigenvalue weighted by molar-refractivity contribution is 6.31. The smallest absolute Gasteiger partial charge is 0.330 e. The van der Waals surface area contributed by atoms with Crippen LogP contribution in [-0.4, -0.2) is 22.0 Å². The van der Waals surface area contributed by atoms with Gasteiger partial charge in [-0.25, -0.2) is 4.79 Å². The minimum Gasteiger partial charge on any atom is -0.383 e. The fourth-order valence-corrected chi connectivity index (χ4v) is 3.45. The summed E-state index contributed by atoms with van der Waals surface area (Å²) in [7, 11) is 0. The Balaban J connectivity index is 2.02. The molecule has 0 saturated carbocycles. The van der Waals surface area contributed by atoms with Gasteiger partial charge < -0.3 is 10.6 Å². The zero-order chi connectivity index (χ0) is 21.7. The standard InChI is InChI=1S/C22H23ClN4O3/c1-2-12-26(18(28)13-16-10-6-7-11-17(16)23)19-20(24)27(22(30)25-21(19)29)14-15-8-4-3-5-9-15/h3-11H,2,12-14,24H2,1H3,(H,25,29,30). The van der Waals surface area contributed by atoms with Crippen molar-refractivity contribution in [1.29, 1.82) is 0 Å². The number of H-pyrrole nitrogens is 1. The van der Waals surface area contributed by atoms with Gasteiger partial charge in [0.25, 0.3) is 5.56 Å². The number of rotatable bonds is 7. The Hall–Kier alpha value is -3.32. The fourth-order valence-electron chi connectivity index (χ4n) is 3.25. The molecule has 0 fully saturated rings. The number of aromatic nitrogens is 2. The number of nitrogens with zero attached hydrogens (tertiary/aromatic N) is 2. The summed E-state index contributed by atoms with van der Waals surface area (Å²) in [6.45, 7) is 2.34. The van der Waals surface area contributed by atoms with Crippen molar-refractivity contribution in [2.45, 2.75) is 26.3 Å². The predicted molar refractivity (Wildman–Crippen MR) is 119 cm³/mol. The fraction of sp³-hybridized carbons (Fsp3) is 0.227. The third kappa shape index (κ3) is 4.63. The number of hydrogen-bond donors (Lipinski definition) is 2. The summed E-state index contributed by atoms with van der Waals surface area (Å²) in [5, 5.41) is 0.471. The topological polar surface area (TPSA) is 101 Å². The van der Waals surface area contributed by atoms with Crippen molar-refractivity contribution in [1.82, 2.24) is 9.55 Å². The van der Waals surface area contributed by atoms with Crippen molar-refractivity contribution in [2.24, 2.45) is 0 Å². The Kier molecular flexibility index (Phi) is 6.74. The molecule has 0 aliphatic rings. The Labute approximate surface area is 178 Å². The molecule has 0 saturated heterocycles. The monoisotopic (exact) mass is 426 g/mol.